The van der Waals surface area contributed by atoms with Crippen LogP contribution in [-0.4, -0.2) is 19.9 Å². The maximum Gasteiger partial charge on any atom is 0.290 e. The van der Waals surface area contributed by atoms with Gasteiger partial charge in [0.25, 0.3) is 5.56 Å². The third kappa shape index (κ3) is 1.98. The van der Waals surface area contributed by atoms with Crippen molar-refractivity contribution in [3.8, 4) is 11.3 Å². The number of aryl methyl sites for hydroxylation is 1. The largest absolute Gasteiger partial charge is 0.394 e. The summed E-state index contributed by atoms with van der Waals surface area (Å²) in [7, 11) is 1.52. The molecule has 1 unspecified atom stereocenters. The van der Waals surface area contributed by atoms with Gasteiger partial charge in [0.1, 0.15) is 5.69 Å². The van der Waals surface area contributed by atoms with Gasteiger partial charge in [-0.05, 0) is 19.1 Å². The van der Waals surface area contributed by atoms with Crippen LogP contribution in [0.2, 0.25) is 0 Å². The fourth-order valence-corrected chi connectivity index (χ4v) is 1.81. The van der Waals surface area contributed by atoms with E-state index < -0.39 is 11.7 Å². The van der Waals surface area contributed by atoms with Gasteiger partial charge in [0, 0.05) is 30.6 Å². The molecule has 18 heavy (non-hydrogen) atoms. The highest BCUT2D eigenvalue weighted by Crippen LogP contribution is 2.28. The number of aromatic nitrogens is 3. The Morgan fingerprint density at radius 2 is 2.00 bits per heavy atom. The van der Waals surface area contributed by atoms with E-state index in [0.717, 1.165) is 10.2 Å². The first-order chi connectivity index (χ1) is 8.52. The molecule has 6 nitrogen and oxygen atoms in total. The van der Waals surface area contributed by atoms with Crippen molar-refractivity contribution in [2.24, 2.45) is 7.05 Å². The Kier molecular flexibility index (Phi) is 3.12. The lowest BCUT2D eigenvalue weighted by Crippen LogP contribution is -2.26. The number of nitrogens with zero attached hydrogens (tertiary/aromatic N) is 3. The second kappa shape index (κ2) is 4.58. The Morgan fingerprint density at radius 3 is 2.56 bits per heavy atom. The van der Waals surface area contributed by atoms with Crippen LogP contribution in [0.3, 0.4) is 0 Å². The summed E-state index contributed by atoms with van der Waals surface area (Å²) in [6.45, 7) is 1.55. The first-order valence-corrected chi connectivity index (χ1v) is 5.47. The fraction of sp³-hybridized carbons (Fsp3) is 0.250. The van der Waals surface area contributed by atoms with Crippen molar-refractivity contribution in [3.05, 3.63) is 40.4 Å². The van der Waals surface area contributed by atoms with E-state index in [4.69, 9.17) is 5.73 Å². The van der Waals surface area contributed by atoms with E-state index in [-0.39, 0.29) is 5.69 Å². The third-order valence-corrected chi connectivity index (χ3v) is 2.69. The van der Waals surface area contributed by atoms with Gasteiger partial charge in [-0.3, -0.25) is 9.78 Å². The molecule has 3 N–H and O–H groups in total. The lowest BCUT2D eigenvalue weighted by Gasteiger charge is -2.14. The molecule has 0 fully saturated rings. The van der Waals surface area contributed by atoms with Crippen LogP contribution in [0, 0.1) is 0 Å². The Morgan fingerprint density at radius 1 is 1.39 bits per heavy atom. The Bertz CT molecular complexity index is 620. The molecule has 2 rings (SSSR count). The van der Waals surface area contributed by atoms with Gasteiger partial charge in [-0.2, -0.15) is 5.10 Å². The van der Waals surface area contributed by atoms with Crippen LogP contribution in [0.5, 0.6) is 0 Å². The molecule has 94 valence electrons. The summed E-state index contributed by atoms with van der Waals surface area (Å²) in [5, 5.41) is 13.9. The van der Waals surface area contributed by atoms with Crippen LogP contribution in [0.1, 0.15) is 18.6 Å². The molecule has 0 aliphatic heterocycles. The maximum absolute atomic E-state index is 11.7. The Balaban J connectivity index is 2.79. The van der Waals surface area contributed by atoms with Gasteiger partial charge in [0.15, 0.2) is 0 Å². The lowest BCUT2D eigenvalue weighted by atomic mass is 10.0. The van der Waals surface area contributed by atoms with Crippen molar-refractivity contribution >= 4 is 5.69 Å². The molecular weight excluding hydrogens is 232 g/mol. The molecule has 0 aliphatic rings. The highest BCUT2D eigenvalue weighted by atomic mass is 16.3. The molecular formula is C12H14N4O2. The van der Waals surface area contributed by atoms with Crippen LogP contribution in [-0.2, 0) is 7.05 Å². The highest BCUT2D eigenvalue weighted by Gasteiger charge is 2.18. The minimum absolute atomic E-state index is 0.0225. The molecule has 6 heteroatoms. The van der Waals surface area contributed by atoms with Crippen molar-refractivity contribution in [1.82, 2.24) is 14.8 Å². The quantitative estimate of drug-likeness (QED) is 0.803. The minimum atomic E-state index is -0.866. The molecule has 0 bridgehead atoms. The Labute approximate surface area is 104 Å². The summed E-state index contributed by atoms with van der Waals surface area (Å²) in [5.41, 5.74) is 6.98. The lowest BCUT2D eigenvalue weighted by molar-refractivity contribution is 0.199. The summed E-state index contributed by atoms with van der Waals surface area (Å²) < 4.78 is 1.16. The predicted octanol–water partition coefficient (Wildman–Crippen LogP) is 0.478. The number of pyridine rings is 1. The van der Waals surface area contributed by atoms with E-state index >= 15 is 0 Å². The minimum Gasteiger partial charge on any atom is -0.394 e. The van der Waals surface area contributed by atoms with Crippen molar-refractivity contribution < 1.29 is 5.11 Å². The normalized spacial score (nSPS) is 12.4. The molecule has 0 saturated carbocycles. The van der Waals surface area contributed by atoms with Crippen LogP contribution in [0.4, 0.5) is 5.69 Å². The van der Waals surface area contributed by atoms with Crippen LogP contribution >= 0.6 is 0 Å². The molecule has 0 spiro atoms. The maximum atomic E-state index is 11.7. The third-order valence-electron chi connectivity index (χ3n) is 2.69. The average Bonchev–Trinajstić information content (AvgIpc) is 2.36. The van der Waals surface area contributed by atoms with E-state index in [1.165, 1.54) is 7.05 Å². The SMILES string of the molecule is CC(O)c1c(-c2ccncc2)nn(C)c(=O)c1N. The average molecular weight is 246 g/mol. The molecule has 1 atom stereocenters. The number of nitrogen functional groups attached to an aromatic ring is 1. The summed E-state index contributed by atoms with van der Waals surface area (Å²) in [6.07, 6.45) is 2.36. The zero-order valence-corrected chi connectivity index (χ0v) is 10.2. The number of aliphatic hydroxyl groups is 1. The zero-order valence-electron chi connectivity index (χ0n) is 10.2. The van der Waals surface area contributed by atoms with E-state index in [1.54, 1.807) is 31.5 Å². The highest BCUT2D eigenvalue weighted by molar-refractivity contribution is 5.68. The smallest absolute Gasteiger partial charge is 0.290 e. The number of aliphatic hydroxyl groups excluding tert-OH is 1. The van der Waals surface area contributed by atoms with Crippen molar-refractivity contribution in [1.29, 1.82) is 0 Å². The molecule has 0 aromatic carbocycles. The molecule has 2 aromatic heterocycles. The second-order valence-corrected chi connectivity index (χ2v) is 4.02. The van der Waals surface area contributed by atoms with Gasteiger partial charge in [-0.1, -0.05) is 0 Å². The number of hydrogen-bond acceptors (Lipinski definition) is 5. The summed E-state index contributed by atoms with van der Waals surface area (Å²) in [5.74, 6) is 0. The first-order valence-electron chi connectivity index (χ1n) is 5.47. The summed E-state index contributed by atoms with van der Waals surface area (Å²) >= 11 is 0. The fourth-order valence-electron chi connectivity index (χ4n) is 1.81. The van der Waals surface area contributed by atoms with Gasteiger partial charge < -0.3 is 10.8 Å². The number of nitrogens with two attached hydrogens (primary N) is 1. The standard InChI is InChI=1S/C12H14N4O2/c1-7(17)9-10(13)12(18)16(2)15-11(9)8-3-5-14-6-4-8/h3-7,17H,13H2,1-2H3. The van der Waals surface area contributed by atoms with Crippen molar-refractivity contribution in [2.75, 3.05) is 5.73 Å². The first kappa shape index (κ1) is 12.3. The van der Waals surface area contributed by atoms with Gasteiger partial charge in [-0.25, -0.2) is 4.68 Å². The van der Waals surface area contributed by atoms with Gasteiger partial charge in [0.05, 0.1) is 11.8 Å². The number of anilines is 1. The van der Waals surface area contributed by atoms with E-state index in [2.05, 4.69) is 10.1 Å². The van der Waals surface area contributed by atoms with Crippen molar-refractivity contribution in [2.45, 2.75) is 13.0 Å². The molecule has 2 heterocycles. The summed E-state index contributed by atoms with van der Waals surface area (Å²) in [6, 6.07) is 3.50. The molecule has 0 radical (unpaired) electrons. The zero-order chi connectivity index (χ0) is 13.3. The van der Waals surface area contributed by atoms with Gasteiger partial charge >= 0.3 is 0 Å². The topological polar surface area (TPSA) is 94.0 Å². The second-order valence-electron chi connectivity index (χ2n) is 4.02. The number of rotatable bonds is 2. The van der Waals surface area contributed by atoms with Crippen LogP contribution in [0.25, 0.3) is 11.3 Å². The van der Waals surface area contributed by atoms with Crippen molar-refractivity contribution in [3.63, 3.8) is 0 Å². The van der Waals surface area contributed by atoms with E-state index in [1.807, 2.05) is 0 Å². The van der Waals surface area contributed by atoms with Gasteiger partial charge in [-0.15, -0.1) is 0 Å². The molecule has 0 amide bonds. The monoisotopic (exact) mass is 246 g/mol. The molecule has 2 aromatic rings. The van der Waals surface area contributed by atoms with Crippen LogP contribution < -0.4 is 11.3 Å². The molecule has 0 aliphatic carbocycles. The summed E-state index contributed by atoms with van der Waals surface area (Å²) in [4.78, 5) is 15.6. The number of hydrogen-bond donors (Lipinski definition) is 2. The van der Waals surface area contributed by atoms with Gasteiger partial charge in [0.2, 0.25) is 0 Å². The van der Waals surface area contributed by atoms with Crippen LogP contribution in [0.15, 0.2) is 29.3 Å². The van der Waals surface area contributed by atoms with E-state index in [9.17, 15) is 9.90 Å². The van der Waals surface area contributed by atoms with E-state index in [0.29, 0.717) is 11.3 Å². The molecule has 0 saturated heterocycles. The predicted molar refractivity (Wildman–Crippen MR) is 67.8 cm³/mol. The Hall–Kier alpha value is -2.21.